The largest absolute Gasteiger partial charge is 0.482 e. The topological polar surface area (TPSA) is 125 Å². The molecule has 6 unspecified atom stereocenters. The third-order valence-electron chi connectivity index (χ3n) is 13.0. The number of thioether (sulfide) groups is 1. The number of nitrogens with one attached hydrogen (secondary N) is 2. The summed E-state index contributed by atoms with van der Waals surface area (Å²) < 4.78 is 34.3. The number of esters is 1. The Hall–Kier alpha value is -4.29. The molecule has 0 amide bonds. The van der Waals surface area contributed by atoms with E-state index in [-0.39, 0.29) is 42.6 Å². The van der Waals surface area contributed by atoms with Crippen LogP contribution < -0.4 is 24.8 Å². The molecule has 4 heterocycles. The number of aliphatic hydroxyl groups is 1. The van der Waals surface area contributed by atoms with Crippen LogP contribution in [0.2, 0.25) is 0 Å². The molecule has 4 fully saturated rings. The van der Waals surface area contributed by atoms with Gasteiger partial charge in [0.05, 0.1) is 41.8 Å². The molecule has 2 aromatic rings. The molecule has 1 saturated heterocycles. The Bertz CT molecular complexity index is 2250. The number of para-hydroxylation sites is 1. The summed E-state index contributed by atoms with van der Waals surface area (Å²) in [5, 5.41) is 16.6. The smallest absolute Gasteiger partial charge is 0.333 e. The van der Waals surface area contributed by atoms with Gasteiger partial charge in [-0.1, -0.05) is 41.5 Å². The number of ketones is 1. The van der Waals surface area contributed by atoms with Crippen molar-refractivity contribution in [3.05, 3.63) is 87.6 Å². The van der Waals surface area contributed by atoms with E-state index in [2.05, 4.69) is 95.5 Å². The molecule has 6 atom stereocenters. The van der Waals surface area contributed by atoms with Crippen LogP contribution in [-0.2, 0) is 25.5 Å². The number of hydrogen-bond donors (Lipinski definition) is 3. The first-order chi connectivity index (χ1) is 28.1. The van der Waals surface area contributed by atoms with Crippen molar-refractivity contribution in [2.45, 2.75) is 120 Å². The van der Waals surface area contributed by atoms with Crippen LogP contribution in [0.3, 0.4) is 0 Å². The van der Waals surface area contributed by atoms with E-state index in [0.717, 1.165) is 57.0 Å². The lowest BCUT2D eigenvalue weighted by Crippen LogP contribution is -2.75. The average Bonchev–Trinajstić information content (AvgIpc) is 3.27. The van der Waals surface area contributed by atoms with Crippen LogP contribution in [0.5, 0.6) is 17.2 Å². The maximum Gasteiger partial charge on any atom is 0.333 e. The highest BCUT2D eigenvalue weighted by molar-refractivity contribution is 8.00. The summed E-state index contributed by atoms with van der Waals surface area (Å²) in [6.07, 6.45) is 13.3. The maximum atomic E-state index is 15.5. The van der Waals surface area contributed by atoms with E-state index >= 15 is 4.79 Å². The third-order valence-corrected chi connectivity index (χ3v) is 14.4. The molecule has 2 aromatic carbocycles. The van der Waals surface area contributed by atoms with Gasteiger partial charge in [-0.15, -0.1) is 11.8 Å². The Balaban J connectivity index is 1.45. The number of benzene rings is 2. The van der Waals surface area contributed by atoms with Crippen LogP contribution >= 0.6 is 11.8 Å². The van der Waals surface area contributed by atoms with Gasteiger partial charge in [-0.05, 0) is 105 Å². The summed E-state index contributed by atoms with van der Waals surface area (Å²) >= 11 is 1.71. The zero-order valence-electron chi connectivity index (χ0n) is 35.8. The van der Waals surface area contributed by atoms with E-state index in [1.807, 2.05) is 12.1 Å². The number of anilines is 1. The molecule has 10 nitrogen and oxygen atoms in total. The number of aliphatic hydroxyl groups excluding tert-OH is 1. The quantitative estimate of drug-likeness (QED) is 0.0591. The van der Waals surface area contributed by atoms with Crippen LogP contribution in [0.15, 0.2) is 75.8 Å². The lowest BCUT2D eigenvalue weighted by atomic mass is 9.49. The molecule has 4 aliphatic heterocycles. The number of carbonyl (C=O) groups is 2. The number of Topliss-reactive ketones (excluding diaryl/α,β-unsaturated/α-hetero) is 1. The van der Waals surface area contributed by atoms with Crippen molar-refractivity contribution in [3.63, 3.8) is 0 Å². The fraction of sp³-hybridized carbons (Fsp3) is 0.500. The molecular formula is C48H58N2O8S. The Kier molecular flexibility index (Phi) is 10.8. The van der Waals surface area contributed by atoms with E-state index in [1.54, 1.807) is 24.8 Å². The predicted molar refractivity (Wildman–Crippen MR) is 232 cm³/mol. The highest BCUT2D eigenvalue weighted by atomic mass is 32.2. The molecule has 3 saturated carbocycles. The zero-order chi connectivity index (χ0) is 42.1. The van der Waals surface area contributed by atoms with E-state index in [9.17, 15) is 9.90 Å². The number of ether oxygens (including phenoxy) is 5. The summed E-state index contributed by atoms with van der Waals surface area (Å²) in [6.45, 7) is 16.8. The Labute approximate surface area is 352 Å². The number of fused-ring (bicyclic) bond motifs is 4. The van der Waals surface area contributed by atoms with Crippen LogP contribution in [0.25, 0.3) is 11.8 Å². The first-order valence-corrected chi connectivity index (χ1v) is 21.8. The van der Waals surface area contributed by atoms with Crippen molar-refractivity contribution in [1.82, 2.24) is 5.32 Å². The normalized spacial score (nSPS) is 28.8. The van der Waals surface area contributed by atoms with Crippen molar-refractivity contribution in [2.24, 2.45) is 11.8 Å². The minimum atomic E-state index is -1.46. The monoisotopic (exact) mass is 822 g/mol. The van der Waals surface area contributed by atoms with Crippen molar-refractivity contribution in [2.75, 3.05) is 32.3 Å². The molecule has 11 heteroatoms. The van der Waals surface area contributed by atoms with Gasteiger partial charge in [0, 0.05) is 51.7 Å². The third kappa shape index (κ3) is 6.58. The van der Waals surface area contributed by atoms with Crippen LogP contribution in [-0.4, -0.2) is 71.5 Å². The zero-order valence-corrected chi connectivity index (χ0v) is 36.6. The van der Waals surface area contributed by atoms with Crippen molar-refractivity contribution in [1.29, 1.82) is 0 Å². The molecule has 1 spiro atoms. The van der Waals surface area contributed by atoms with Gasteiger partial charge in [-0.2, -0.15) is 0 Å². The van der Waals surface area contributed by atoms with Gasteiger partial charge in [0.25, 0.3) is 0 Å². The molecule has 0 radical (unpaired) electrons. The van der Waals surface area contributed by atoms with E-state index in [1.165, 1.54) is 12.7 Å². The number of carbonyl (C=O) groups excluding carboxylic acids is 2. The van der Waals surface area contributed by atoms with Crippen molar-refractivity contribution in [3.8, 4) is 17.2 Å². The highest BCUT2D eigenvalue weighted by Crippen LogP contribution is 2.73. The Morgan fingerprint density at radius 2 is 1.81 bits per heavy atom. The lowest BCUT2D eigenvalue weighted by Gasteiger charge is -2.61. The molecule has 4 bridgehead atoms. The molecule has 59 heavy (non-hydrogen) atoms. The van der Waals surface area contributed by atoms with Crippen LogP contribution in [0.1, 0.15) is 97.8 Å². The summed E-state index contributed by atoms with van der Waals surface area (Å²) in [5.74, 6) is 0.796. The summed E-state index contributed by atoms with van der Waals surface area (Å²) in [5.41, 5.74) is 3.88. The van der Waals surface area contributed by atoms with Gasteiger partial charge in [0.15, 0.2) is 17.0 Å². The molecule has 9 rings (SSSR count). The second kappa shape index (κ2) is 15.3. The summed E-state index contributed by atoms with van der Waals surface area (Å²) in [4.78, 5) is 29.4. The predicted octanol–water partition coefficient (Wildman–Crippen LogP) is 8.73. The number of rotatable bonds is 13. The molecule has 7 aliphatic rings. The fourth-order valence-electron chi connectivity index (χ4n) is 10.3. The highest BCUT2D eigenvalue weighted by Gasteiger charge is 2.83. The minimum absolute atomic E-state index is 0.00353. The van der Waals surface area contributed by atoms with Crippen LogP contribution in [0, 0.1) is 11.8 Å². The maximum absolute atomic E-state index is 15.5. The van der Waals surface area contributed by atoms with Gasteiger partial charge >= 0.3 is 5.97 Å². The Morgan fingerprint density at radius 1 is 1.05 bits per heavy atom. The first kappa shape index (κ1) is 41.4. The Morgan fingerprint density at radius 3 is 2.54 bits per heavy atom. The van der Waals surface area contributed by atoms with Gasteiger partial charge < -0.3 is 34.1 Å². The SMILES string of the molecule is COC(=O)/C(C)=C\CC12OC(C)(C)C3CC(C1=O)C1Sc4ccccc4NC4=C1C32Oc1c(CC=C(C)C)c2c(c(OCNCCO)c14)C=CC(C)(CCC=C(C)C)O2. The second-order valence-electron chi connectivity index (χ2n) is 18.0. The minimum Gasteiger partial charge on any atom is -0.482 e. The van der Waals surface area contributed by atoms with Crippen molar-refractivity contribution < 1.29 is 38.4 Å². The standard InChI is InChI=1S/C48H58N2O8S/c1-27(2)13-12-20-46(8)21-19-31-39(56-46)30(17-16-28(3)4)41-36(40(31)55-26-49-23-24-51)38-37-42(59-34-15-11-10-14-33(34)50-38)32-25-35-45(6,7)58-47(43(32)52,48(35,37)57-41)22-18-29(5)44(53)54-9/h10-11,13-16,18-19,21,32,35,42,49-51H,12,17,20,22-26H2,1-9H3/b29-18-. The number of hydrogen-bond acceptors (Lipinski definition) is 11. The molecule has 314 valence electrons. The van der Waals surface area contributed by atoms with Gasteiger partial charge in [-0.3, -0.25) is 10.1 Å². The van der Waals surface area contributed by atoms with E-state index < -0.39 is 28.4 Å². The van der Waals surface area contributed by atoms with Gasteiger partial charge in [-0.25, -0.2) is 4.79 Å². The van der Waals surface area contributed by atoms with Gasteiger partial charge in [0.1, 0.15) is 29.6 Å². The van der Waals surface area contributed by atoms with Gasteiger partial charge in [0.2, 0.25) is 0 Å². The molecular weight excluding hydrogens is 765 g/mol. The number of methoxy groups -OCH3 is 1. The fourth-order valence-corrected chi connectivity index (χ4v) is 11.7. The average molecular weight is 823 g/mol. The summed E-state index contributed by atoms with van der Waals surface area (Å²) in [6, 6.07) is 8.25. The number of allylic oxidation sites excluding steroid dienone is 4. The lowest BCUT2D eigenvalue weighted by molar-refractivity contribution is -0.176. The molecule has 0 aromatic heterocycles. The first-order valence-electron chi connectivity index (χ1n) is 20.9. The molecule has 3 N–H and O–H groups in total. The van der Waals surface area contributed by atoms with E-state index in [0.29, 0.717) is 42.2 Å². The molecule has 3 aliphatic carbocycles. The van der Waals surface area contributed by atoms with Crippen LogP contribution in [0.4, 0.5) is 5.69 Å². The van der Waals surface area contributed by atoms with E-state index in [4.69, 9.17) is 23.7 Å². The van der Waals surface area contributed by atoms with Crippen molar-refractivity contribution >= 4 is 41.0 Å². The second-order valence-corrected chi connectivity index (χ2v) is 19.2. The summed E-state index contributed by atoms with van der Waals surface area (Å²) in [7, 11) is 1.36.